The maximum absolute atomic E-state index is 12.4. The summed E-state index contributed by atoms with van der Waals surface area (Å²) >= 11 is 0. The van der Waals surface area contributed by atoms with Crippen molar-refractivity contribution >= 4 is 15.9 Å². The first kappa shape index (κ1) is 16.4. The van der Waals surface area contributed by atoms with Crippen molar-refractivity contribution in [1.29, 1.82) is 0 Å². The lowest BCUT2D eigenvalue weighted by Crippen LogP contribution is -2.33. The van der Waals surface area contributed by atoms with Crippen LogP contribution in [0.25, 0.3) is 11.4 Å². The van der Waals surface area contributed by atoms with Crippen molar-refractivity contribution in [2.75, 3.05) is 18.3 Å². The highest BCUT2D eigenvalue weighted by Crippen LogP contribution is 2.26. The van der Waals surface area contributed by atoms with Crippen molar-refractivity contribution in [3.8, 4) is 11.4 Å². The molecule has 120 valence electrons. The van der Waals surface area contributed by atoms with E-state index in [0.717, 1.165) is 12.8 Å². The average molecular weight is 323 g/mol. The van der Waals surface area contributed by atoms with Gasteiger partial charge in [0.15, 0.2) is 5.82 Å². The van der Waals surface area contributed by atoms with Crippen molar-refractivity contribution in [1.82, 2.24) is 19.1 Å². The highest BCUT2D eigenvalue weighted by atomic mass is 32.2. The number of anilines is 1. The molecule has 0 amide bonds. The molecule has 2 aromatic rings. The predicted octanol–water partition coefficient (Wildman–Crippen LogP) is 1.87. The molecule has 0 bridgehead atoms. The fourth-order valence-corrected chi connectivity index (χ4v) is 2.99. The van der Waals surface area contributed by atoms with E-state index < -0.39 is 10.2 Å². The van der Waals surface area contributed by atoms with Crippen LogP contribution in [-0.2, 0) is 17.3 Å². The lowest BCUT2D eigenvalue weighted by Gasteiger charge is -2.19. The highest BCUT2D eigenvalue weighted by Gasteiger charge is 2.19. The molecule has 22 heavy (non-hydrogen) atoms. The molecule has 2 rings (SSSR count). The molecule has 0 aliphatic heterocycles. The molecular weight excluding hydrogens is 302 g/mol. The van der Waals surface area contributed by atoms with E-state index in [1.54, 1.807) is 30.1 Å². The number of unbranched alkanes of at least 4 members (excludes halogenated alkanes) is 1. The summed E-state index contributed by atoms with van der Waals surface area (Å²) in [4.78, 5) is 0. The Labute approximate surface area is 131 Å². The van der Waals surface area contributed by atoms with Crippen molar-refractivity contribution in [2.45, 2.75) is 19.8 Å². The second-order valence-corrected chi connectivity index (χ2v) is 6.87. The summed E-state index contributed by atoms with van der Waals surface area (Å²) in [5.41, 5.74) is 1.18. The molecule has 7 nitrogen and oxygen atoms in total. The fraction of sp³-hybridized carbons (Fsp3) is 0.429. The number of nitrogens with zero attached hydrogens (tertiary/aromatic N) is 4. The summed E-state index contributed by atoms with van der Waals surface area (Å²) in [6.45, 7) is 2.51. The van der Waals surface area contributed by atoms with Gasteiger partial charge in [-0.2, -0.15) is 12.7 Å². The van der Waals surface area contributed by atoms with Crippen LogP contribution in [0.4, 0.5) is 5.69 Å². The summed E-state index contributed by atoms with van der Waals surface area (Å²) in [6.07, 6.45) is 3.34. The van der Waals surface area contributed by atoms with Crippen molar-refractivity contribution in [3.05, 3.63) is 30.6 Å². The van der Waals surface area contributed by atoms with E-state index in [0.29, 0.717) is 23.6 Å². The van der Waals surface area contributed by atoms with Gasteiger partial charge in [0.25, 0.3) is 0 Å². The van der Waals surface area contributed by atoms with Gasteiger partial charge in [0, 0.05) is 26.2 Å². The Morgan fingerprint density at radius 2 is 2.05 bits per heavy atom. The molecule has 0 fully saturated rings. The number of aromatic nitrogens is 3. The van der Waals surface area contributed by atoms with E-state index in [4.69, 9.17) is 0 Å². The van der Waals surface area contributed by atoms with Gasteiger partial charge in [-0.1, -0.05) is 25.5 Å². The predicted molar refractivity (Wildman–Crippen MR) is 86.5 cm³/mol. The van der Waals surface area contributed by atoms with Crippen LogP contribution in [-0.4, -0.2) is 41.1 Å². The topological polar surface area (TPSA) is 80.1 Å². The second kappa shape index (κ2) is 6.89. The van der Waals surface area contributed by atoms with Gasteiger partial charge in [-0.3, -0.25) is 4.72 Å². The third-order valence-corrected chi connectivity index (χ3v) is 4.84. The molecule has 0 spiro atoms. The van der Waals surface area contributed by atoms with E-state index >= 15 is 0 Å². The van der Waals surface area contributed by atoms with Gasteiger partial charge in [-0.25, -0.2) is 0 Å². The van der Waals surface area contributed by atoms with Crippen LogP contribution in [0.15, 0.2) is 30.6 Å². The van der Waals surface area contributed by atoms with E-state index in [1.807, 2.05) is 26.1 Å². The van der Waals surface area contributed by atoms with Gasteiger partial charge in [0.2, 0.25) is 0 Å². The molecule has 1 heterocycles. The number of para-hydroxylation sites is 1. The van der Waals surface area contributed by atoms with Crippen LogP contribution in [0.1, 0.15) is 19.8 Å². The molecule has 1 aromatic heterocycles. The summed E-state index contributed by atoms with van der Waals surface area (Å²) in [6, 6.07) is 7.15. The smallest absolute Gasteiger partial charge is 0.301 e. The molecule has 1 aromatic carbocycles. The van der Waals surface area contributed by atoms with E-state index in [1.165, 1.54) is 4.31 Å². The lowest BCUT2D eigenvalue weighted by molar-refractivity contribution is 0.463. The number of hydrogen-bond acceptors (Lipinski definition) is 4. The molecule has 0 aliphatic rings. The van der Waals surface area contributed by atoms with Crippen LogP contribution in [0.5, 0.6) is 0 Å². The van der Waals surface area contributed by atoms with Gasteiger partial charge in [0.05, 0.1) is 5.69 Å². The molecular formula is C14H21N5O2S. The molecule has 0 saturated carbocycles. The molecule has 0 saturated heterocycles. The van der Waals surface area contributed by atoms with Gasteiger partial charge in [-0.05, 0) is 18.6 Å². The summed E-state index contributed by atoms with van der Waals surface area (Å²) in [7, 11) is -0.200. The van der Waals surface area contributed by atoms with Crippen LogP contribution < -0.4 is 4.72 Å². The largest absolute Gasteiger partial charge is 0.317 e. The Balaban J connectivity index is 2.29. The minimum atomic E-state index is -3.59. The minimum Gasteiger partial charge on any atom is -0.317 e. The number of hydrogen-bond donors (Lipinski definition) is 1. The Morgan fingerprint density at radius 1 is 1.32 bits per heavy atom. The Hall–Kier alpha value is -1.93. The maximum Gasteiger partial charge on any atom is 0.301 e. The minimum absolute atomic E-state index is 0.484. The zero-order valence-electron chi connectivity index (χ0n) is 13.0. The Bertz CT molecular complexity index is 726. The molecule has 0 unspecified atom stereocenters. The van der Waals surface area contributed by atoms with Gasteiger partial charge in [-0.15, -0.1) is 10.2 Å². The number of rotatable bonds is 7. The van der Waals surface area contributed by atoms with Crippen LogP contribution in [0.3, 0.4) is 0 Å². The summed E-state index contributed by atoms with van der Waals surface area (Å²) < 4.78 is 30.5. The Morgan fingerprint density at radius 3 is 2.68 bits per heavy atom. The average Bonchev–Trinajstić information content (AvgIpc) is 2.91. The third kappa shape index (κ3) is 3.63. The van der Waals surface area contributed by atoms with Crippen molar-refractivity contribution < 1.29 is 8.42 Å². The van der Waals surface area contributed by atoms with Crippen molar-refractivity contribution in [2.24, 2.45) is 7.05 Å². The zero-order chi connectivity index (χ0) is 16.2. The number of benzene rings is 1. The van der Waals surface area contributed by atoms with Crippen molar-refractivity contribution in [3.63, 3.8) is 0 Å². The van der Waals surface area contributed by atoms with Crippen LogP contribution in [0.2, 0.25) is 0 Å². The fourth-order valence-electron chi connectivity index (χ4n) is 2.01. The quantitative estimate of drug-likeness (QED) is 0.843. The monoisotopic (exact) mass is 323 g/mol. The first-order valence-electron chi connectivity index (χ1n) is 7.13. The first-order chi connectivity index (χ1) is 10.5. The standard InChI is InChI=1S/C14H21N5O2S/c1-4-5-10-19(3)22(20,21)17-13-9-7-6-8-12(13)14-16-15-11-18(14)2/h6-9,11,17H,4-5,10H2,1-3H3. The summed E-state index contributed by atoms with van der Waals surface area (Å²) in [5, 5.41) is 7.87. The highest BCUT2D eigenvalue weighted by molar-refractivity contribution is 7.90. The van der Waals surface area contributed by atoms with Crippen LogP contribution in [0, 0.1) is 0 Å². The lowest BCUT2D eigenvalue weighted by atomic mass is 10.2. The van der Waals surface area contributed by atoms with E-state index in [-0.39, 0.29) is 0 Å². The van der Waals surface area contributed by atoms with Gasteiger partial charge >= 0.3 is 10.2 Å². The number of aryl methyl sites for hydroxylation is 1. The molecule has 0 radical (unpaired) electrons. The molecule has 0 atom stereocenters. The SMILES string of the molecule is CCCCN(C)S(=O)(=O)Nc1ccccc1-c1nncn1C. The first-order valence-corrected chi connectivity index (χ1v) is 8.57. The zero-order valence-corrected chi connectivity index (χ0v) is 13.8. The molecule has 0 aliphatic carbocycles. The van der Waals surface area contributed by atoms with E-state index in [2.05, 4.69) is 14.9 Å². The van der Waals surface area contributed by atoms with Gasteiger partial charge in [0.1, 0.15) is 6.33 Å². The van der Waals surface area contributed by atoms with E-state index in [9.17, 15) is 8.42 Å². The maximum atomic E-state index is 12.4. The second-order valence-electron chi connectivity index (χ2n) is 5.09. The molecule has 1 N–H and O–H groups in total. The normalized spacial score (nSPS) is 11.8. The van der Waals surface area contributed by atoms with Crippen LogP contribution >= 0.6 is 0 Å². The Kier molecular flexibility index (Phi) is 5.15. The third-order valence-electron chi connectivity index (χ3n) is 3.36. The number of nitrogens with one attached hydrogen (secondary N) is 1. The molecule has 8 heteroatoms. The summed E-state index contributed by atoms with van der Waals surface area (Å²) in [5.74, 6) is 0.606. The van der Waals surface area contributed by atoms with Gasteiger partial charge < -0.3 is 4.57 Å².